The van der Waals surface area contributed by atoms with E-state index in [0.29, 0.717) is 12.3 Å². The number of amides is 1. The molecule has 1 amide bonds. The van der Waals surface area contributed by atoms with Crippen LogP contribution in [0.4, 0.5) is 5.69 Å². The van der Waals surface area contributed by atoms with Crippen LogP contribution in [0.5, 0.6) is 0 Å². The summed E-state index contributed by atoms with van der Waals surface area (Å²) in [5, 5.41) is 6.32. The van der Waals surface area contributed by atoms with Crippen LogP contribution >= 0.6 is 0 Å². The molecule has 21 heavy (non-hydrogen) atoms. The Balaban J connectivity index is 1.62. The van der Waals surface area contributed by atoms with E-state index in [-0.39, 0.29) is 5.91 Å². The number of hydrogen-bond donors (Lipinski definition) is 2. The van der Waals surface area contributed by atoms with Gasteiger partial charge in [-0.3, -0.25) is 4.79 Å². The van der Waals surface area contributed by atoms with Crippen LogP contribution in [-0.4, -0.2) is 28.5 Å². The van der Waals surface area contributed by atoms with Gasteiger partial charge in [0.05, 0.1) is 6.33 Å². The molecule has 110 valence electrons. The maximum Gasteiger partial charge on any atom is 0.224 e. The van der Waals surface area contributed by atoms with Crippen LogP contribution < -0.4 is 10.6 Å². The lowest BCUT2D eigenvalue weighted by molar-refractivity contribution is -0.117. The second-order valence-electron chi connectivity index (χ2n) is 5.47. The molecule has 2 aromatic rings. The van der Waals surface area contributed by atoms with Crippen molar-refractivity contribution < 1.29 is 4.79 Å². The first-order valence-corrected chi connectivity index (χ1v) is 7.40. The molecule has 1 aromatic carbocycles. The predicted molar refractivity (Wildman–Crippen MR) is 82.4 cm³/mol. The van der Waals surface area contributed by atoms with E-state index >= 15 is 0 Å². The van der Waals surface area contributed by atoms with Crippen LogP contribution in [0.3, 0.4) is 0 Å². The van der Waals surface area contributed by atoms with Crippen molar-refractivity contribution in [2.45, 2.75) is 19.3 Å². The number of nitrogens with one attached hydrogen (secondary N) is 2. The Morgan fingerprint density at radius 3 is 3.00 bits per heavy atom. The molecule has 1 saturated heterocycles. The number of carbonyl (C=O) groups is 1. The summed E-state index contributed by atoms with van der Waals surface area (Å²) in [5.74, 6) is 0.604. The van der Waals surface area contributed by atoms with E-state index < -0.39 is 0 Å². The highest BCUT2D eigenvalue weighted by Crippen LogP contribution is 2.18. The Labute approximate surface area is 124 Å². The molecule has 1 aliphatic rings. The summed E-state index contributed by atoms with van der Waals surface area (Å²) >= 11 is 0. The lowest BCUT2D eigenvalue weighted by Gasteiger charge is -2.22. The third-order valence-electron chi connectivity index (χ3n) is 3.87. The van der Waals surface area contributed by atoms with Gasteiger partial charge in [-0.05, 0) is 50.0 Å². The molecule has 0 radical (unpaired) electrons. The maximum absolute atomic E-state index is 12.1. The van der Waals surface area contributed by atoms with E-state index in [9.17, 15) is 4.79 Å². The number of nitrogens with zero attached hydrogens (tertiary/aromatic N) is 2. The van der Waals surface area contributed by atoms with Crippen LogP contribution in [0, 0.1) is 5.92 Å². The van der Waals surface area contributed by atoms with Gasteiger partial charge in [-0.1, -0.05) is 6.07 Å². The predicted octanol–water partition coefficient (Wildman–Crippen LogP) is 2.20. The van der Waals surface area contributed by atoms with Gasteiger partial charge in [0.15, 0.2) is 0 Å². The average molecular weight is 284 g/mol. The SMILES string of the molecule is O=C(CC1CCNCC1)Nc1cccc(-n2ccnc2)c1. The van der Waals surface area contributed by atoms with Crippen LogP contribution in [0.1, 0.15) is 19.3 Å². The summed E-state index contributed by atoms with van der Waals surface area (Å²) in [6, 6.07) is 7.81. The van der Waals surface area contributed by atoms with Crippen LogP contribution in [0.2, 0.25) is 0 Å². The molecule has 3 rings (SSSR count). The zero-order valence-electron chi connectivity index (χ0n) is 12.0. The monoisotopic (exact) mass is 284 g/mol. The molecule has 0 spiro atoms. The van der Waals surface area contributed by atoms with Crippen LogP contribution in [0.15, 0.2) is 43.0 Å². The van der Waals surface area contributed by atoms with Crippen molar-refractivity contribution in [3.63, 3.8) is 0 Å². The molecule has 1 fully saturated rings. The Bertz CT molecular complexity index is 588. The smallest absolute Gasteiger partial charge is 0.224 e. The third kappa shape index (κ3) is 3.70. The standard InChI is InChI=1S/C16H20N4O/c21-16(10-13-4-6-17-7-5-13)19-14-2-1-3-15(11-14)20-9-8-18-12-20/h1-3,8-9,11-13,17H,4-7,10H2,(H,19,21). The minimum Gasteiger partial charge on any atom is -0.326 e. The van der Waals surface area contributed by atoms with Crippen LogP contribution in [0.25, 0.3) is 5.69 Å². The fourth-order valence-electron chi connectivity index (χ4n) is 2.72. The number of hydrogen-bond acceptors (Lipinski definition) is 3. The molecule has 0 bridgehead atoms. The quantitative estimate of drug-likeness (QED) is 0.905. The molecule has 1 aromatic heterocycles. The number of piperidine rings is 1. The van der Waals surface area contributed by atoms with Crippen LogP contribution in [-0.2, 0) is 4.79 Å². The van der Waals surface area contributed by atoms with Gasteiger partial charge < -0.3 is 15.2 Å². The van der Waals surface area contributed by atoms with Crippen molar-refractivity contribution in [2.75, 3.05) is 18.4 Å². The average Bonchev–Trinajstić information content (AvgIpc) is 3.02. The van der Waals surface area contributed by atoms with Crippen molar-refractivity contribution >= 4 is 11.6 Å². The number of anilines is 1. The molecule has 0 saturated carbocycles. The summed E-state index contributed by atoms with van der Waals surface area (Å²) in [4.78, 5) is 16.2. The van der Waals surface area contributed by atoms with Crippen molar-refractivity contribution in [2.24, 2.45) is 5.92 Å². The van der Waals surface area contributed by atoms with Gasteiger partial charge in [0.25, 0.3) is 0 Å². The molecule has 2 N–H and O–H groups in total. The maximum atomic E-state index is 12.1. The Morgan fingerprint density at radius 2 is 2.24 bits per heavy atom. The van der Waals surface area contributed by atoms with Gasteiger partial charge in [0, 0.05) is 30.2 Å². The minimum absolute atomic E-state index is 0.102. The third-order valence-corrected chi connectivity index (χ3v) is 3.87. The number of imidazole rings is 1. The highest BCUT2D eigenvalue weighted by molar-refractivity contribution is 5.91. The van der Waals surface area contributed by atoms with Gasteiger partial charge >= 0.3 is 0 Å². The molecule has 0 aliphatic carbocycles. The van der Waals surface area contributed by atoms with Crippen molar-refractivity contribution in [1.29, 1.82) is 0 Å². The Morgan fingerprint density at radius 1 is 1.38 bits per heavy atom. The molecular weight excluding hydrogens is 264 g/mol. The lowest BCUT2D eigenvalue weighted by atomic mass is 9.94. The van der Waals surface area contributed by atoms with E-state index in [1.165, 1.54) is 0 Å². The van der Waals surface area contributed by atoms with Gasteiger partial charge in [-0.2, -0.15) is 0 Å². The van der Waals surface area contributed by atoms with Crippen molar-refractivity contribution in [1.82, 2.24) is 14.9 Å². The first kappa shape index (κ1) is 13.8. The van der Waals surface area contributed by atoms with E-state index in [2.05, 4.69) is 15.6 Å². The van der Waals surface area contributed by atoms with Gasteiger partial charge in [-0.25, -0.2) is 4.98 Å². The molecule has 5 heteroatoms. The van der Waals surface area contributed by atoms with E-state index in [1.807, 2.05) is 35.0 Å². The second-order valence-corrected chi connectivity index (χ2v) is 5.47. The molecular formula is C16H20N4O. The van der Waals surface area contributed by atoms with Crippen molar-refractivity contribution in [3.8, 4) is 5.69 Å². The second kappa shape index (κ2) is 6.54. The molecule has 0 unspecified atom stereocenters. The topological polar surface area (TPSA) is 59.0 Å². The molecule has 2 heterocycles. The number of benzene rings is 1. The number of rotatable bonds is 4. The molecule has 1 aliphatic heterocycles. The summed E-state index contributed by atoms with van der Waals surface area (Å²) in [6.07, 6.45) is 8.15. The zero-order chi connectivity index (χ0) is 14.5. The van der Waals surface area contributed by atoms with E-state index in [0.717, 1.165) is 37.3 Å². The summed E-state index contributed by atoms with van der Waals surface area (Å²) in [7, 11) is 0. The summed E-state index contributed by atoms with van der Waals surface area (Å²) in [6.45, 7) is 2.04. The normalized spacial score (nSPS) is 15.8. The van der Waals surface area contributed by atoms with Gasteiger partial charge in [-0.15, -0.1) is 0 Å². The lowest BCUT2D eigenvalue weighted by Crippen LogP contribution is -2.30. The minimum atomic E-state index is 0.102. The van der Waals surface area contributed by atoms with E-state index in [4.69, 9.17) is 0 Å². The Kier molecular flexibility index (Phi) is 4.31. The number of aromatic nitrogens is 2. The zero-order valence-corrected chi connectivity index (χ0v) is 12.0. The highest BCUT2D eigenvalue weighted by atomic mass is 16.1. The highest BCUT2D eigenvalue weighted by Gasteiger charge is 2.16. The van der Waals surface area contributed by atoms with E-state index in [1.54, 1.807) is 12.5 Å². The van der Waals surface area contributed by atoms with Gasteiger partial charge in [0.2, 0.25) is 5.91 Å². The summed E-state index contributed by atoms with van der Waals surface area (Å²) < 4.78 is 1.92. The first-order chi connectivity index (χ1) is 10.3. The number of carbonyl (C=O) groups excluding carboxylic acids is 1. The van der Waals surface area contributed by atoms with Gasteiger partial charge in [0.1, 0.15) is 0 Å². The fourth-order valence-corrected chi connectivity index (χ4v) is 2.72. The fraction of sp³-hybridized carbons (Fsp3) is 0.375. The largest absolute Gasteiger partial charge is 0.326 e. The molecule has 0 atom stereocenters. The molecule has 5 nitrogen and oxygen atoms in total. The first-order valence-electron chi connectivity index (χ1n) is 7.40. The Hall–Kier alpha value is -2.14. The van der Waals surface area contributed by atoms with Crippen molar-refractivity contribution in [3.05, 3.63) is 43.0 Å². The summed E-state index contributed by atoms with van der Waals surface area (Å²) in [5.41, 5.74) is 1.83.